The summed E-state index contributed by atoms with van der Waals surface area (Å²) in [6.07, 6.45) is 1.49. The van der Waals surface area contributed by atoms with E-state index in [4.69, 9.17) is 25.9 Å². The van der Waals surface area contributed by atoms with Crippen molar-refractivity contribution >= 4 is 49.0 Å². The molecule has 3 fully saturated rings. The molecule has 0 unspecified atom stereocenters. The van der Waals surface area contributed by atoms with E-state index in [1.807, 2.05) is 17.0 Å². The van der Waals surface area contributed by atoms with Crippen LogP contribution < -0.4 is 25.8 Å². The number of aromatic nitrogens is 3. The number of thiophene rings is 1. The summed E-state index contributed by atoms with van der Waals surface area (Å²) in [4.78, 5) is 17.3. The molecule has 6 heterocycles. The summed E-state index contributed by atoms with van der Waals surface area (Å²) in [5.41, 5.74) is 8.81. The predicted octanol–water partition coefficient (Wildman–Crippen LogP) is 8.72. The Hall–Kier alpha value is -5.08. The van der Waals surface area contributed by atoms with Crippen molar-refractivity contribution in [2.24, 2.45) is 5.92 Å². The number of benzene rings is 2. The van der Waals surface area contributed by atoms with Crippen LogP contribution in [0.3, 0.4) is 0 Å². The number of nitrogen functional groups attached to an aromatic ring is 2. The molecule has 0 spiro atoms. The third-order valence-electron chi connectivity index (χ3n) is 12.2. The summed E-state index contributed by atoms with van der Waals surface area (Å²) in [5.74, 6) is -2.33. The van der Waals surface area contributed by atoms with Crippen LogP contribution in [0.2, 0.25) is 0 Å². The molecule has 10 nitrogen and oxygen atoms in total. The van der Waals surface area contributed by atoms with Gasteiger partial charge in [-0.1, -0.05) is 31.4 Å². The van der Waals surface area contributed by atoms with Gasteiger partial charge in [0.1, 0.15) is 64.7 Å². The van der Waals surface area contributed by atoms with Gasteiger partial charge < -0.3 is 25.8 Å². The van der Waals surface area contributed by atoms with Crippen LogP contribution in [0, 0.1) is 28.9 Å². The maximum absolute atomic E-state index is 17.7. The highest BCUT2D eigenvalue weighted by atomic mass is 32.1. The first-order chi connectivity index (χ1) is 27.4. The van der Waals surface area contributed by atoms with E-state index in [0.717, 1.165) is 44.2 Å². The van der Waals surface area contributed by atoms with Crippen molar-refractivity contribution in [1.82, 2.24) is 19.9 Å². The molecule has 298 valence electrons. The molecule has 4 aliphatic rings. The first kappa shape index (κ1) is 37.5. The fraction of sp³-hybridized carbons (Fsp3) is 0.450. The number of anilines is 3. The van der Waals surface area contributed by atoms with Crippen LogP contribution in [0.4, 0.5) is 43.0 Å². The highest BCUT2D eigenvalue weighted by molar-refractivity contribution is 7.23. The van der Waals surface area contributed by atoms with Gasteiger partial charge in [-0.05, 0) is 55.8 Å². The number of pyridine rings is 1. The third kappa shape index (κ3) is 6.22. The molecule has 3 atom stereocenters. The van der Waals surface area contributed by atoms with Gasteiger partial charge in [0.15, 0.2) is 5.82 Å². The summed E-state index contributed by atoms with van der Waals surface area (Å²) in [7, 11) is 0. The van der Waals surface area contributed by atoms with E-state index in [1.165, 1.54) is 0 Å². The molecule has 17 heteroatoms. The number of rotatable bonds is 9. The largest absolute Gasteiger partial charge is 0.490 e. The van der Waals surface area contributed by atoms with Crippen LogP contribution >= 0.6 is 11.3 Å². The molecule has 57 heavy (non-hydrogen) atoms. The van der Waals surface area contributed by atoms with E-state index < -0.39 is 63.5 Å². The Morgan fingerprint density at radius 2 is 1.93 bits per heavy atom. The molecular weight excluding hydrogens is 771 g/mol. The van der Waals surface area contributed by atoms with Crippen molar-refractivity contribution in [2.75, 3.05) is 49.2 Å². The van der Waals surface area contributed by atoms with Crippen molar-refractivity contribution in [1.29, 1.82) is 5.26 Å². The fourth-order valence-corrected chi connectivity index (χ4v) is 10.3. The van der Waals surface area contributed by atoms with Gasteiger partial charge in [0.2, 0.25) is 0 Å². The Morgan fingerprint density at radius 1 is 1.11 bits per heavy atom. The zero-order valence-corrected chi connectivity index (χ0v) is 31.5. The highest BCUT2D eigenvalue weighted by Crippen LogP contribution is 2.54. The van der Waals surface area contributed by atoms with Gasteiger partial charge >= 0.3 is 12.2 Å². The van der Waals surface area contributed by atoms with Gasteiger partial charge in [0, 0.05) is 35.7 Å². The normalized spacial score (nSPS) is 21.6. The third-order valence-corrected chi connectivity index (χ3v) is 13.3. The standard InChI is InChI=1S/C40H38F6N8O2S/c41-21-16-39(11-3-13-53(39)18-21)19-56-38-51-32-29-33(30(40(44,45)46)28(31(32)43)23-8-9-25(42)34-27(23)24(17-47)36(49)57-34)55-15-14-54(37(29)52-38)26(10-7-20-4-1-5-20)22-6-2-12-50-35(22)48/h2,6,8-9,12,20-21,26H,1,3-5,7,10-11,13-16,18-19,49H2,(H2,48,50)/t21-,26-,39+/m1/s1. The van der Waals surface area contributed by atoms with Crippen LogP contribution in [0.15, 0.2) is 30.5 Å². The van der Waals surface area contributed by atoms with E-state index in [1.54, 1.807) is 17.2 Å². The van der Waals surface area contributed by atoms with E-state index in [2.05, 4.69) is 9.97 Å². The number of alkyl halides is 4. The van der Waals surface area contributed by atoms with Crippen molar-refractivity contribution in [3.8, 4) is 29.0 Å². The molecule has 0 amide bonds. The zero-order chi connectivity index (χ0) is 39.8. The molecule has 1 saturated carbocycles. The number of nitriles is 1. The molecule has 3 aliphatic heterocycles. The number of nitrogens with zero attached hydrogens (tertiary/aromatic N) is 6. The van der Waals surface area contributed by atoms with E-state index in [9.17, 15) is 9.65 Å². The van der Waals surface area contributed by atoms with Crippen LogP contribution in [-0.4, -0.2) is 64.4 Å². The average molecular weight is 809 g/mol. The second-order valence-corrected chi connectivity index (χ2v) is 16.5. The van der Waals surface area contributed by atoms with Crippen LogP contribution in [0.1, 0.15) is 74.1 Å². The van der Waals surface area contributed by atoms with Gasteiger partial charge in [0.05, 0.1) is 33.8 Å². The quantitative estimate of drug-likeness (QED) is 0.139. The van der Waals surface area contributed by atoms with E-state index in [-0.39, 0.29) is 76.4 Å². The average Bonchev–Trinajstić information content (AvgIpc) is 3.76. The minimum atomic E-state index is -5.23. The molecule has 3 aromatic heterocycles. The Kier molecular flexibility index (Phi) is 9.26. The number of hydrogen-bond acceptors (Lipinski definition) is 11. The maximum Gasteiger partial charge on any atom is 0.420 e. The van der Waals surface area contributed by atoms with Crippen LogP contribution in [-0.2, 0) is 6.18 Å². The molecule has 4 N–H and O–H groups in total. The van der Waals surface area contributed by atoms with E-state index in [0.29, 0.717) is 42.2 Å². The lowest BCUT2D eigenvalue weighted by molar-refractivity contribution is -0.138. The van der Waals surface area contributed by atoms with Gasteiger partial charge in [0.25, 0.3) is 0 Å². The molecule has 0 radical (unpaired) electrons. The maximum atomic E-state index is 17.7. The number of nitrogens with two attached hydrogens (primary N) is 2. The molecule has 0 bridgehead atoms. The second-order valence-electron chi connectivity index (χ2n) is 15.5. The zero-order valence-electron chi connectivity index (χ0n) is 30.6. The first-order valence-electron chi connectivity index (χ1n) is 19.1. The van der Waals surface area contributed by atoms with Crippen LogP contribution in [0.5, 0.6) is 11.8 Å². The molecule has 2 saturated heterocycles. The summed E-state index contributed by atoms with van der Waals surface area (Å²) in [6.45, 7) is 0.633. The smallest absolute Gasteiger partial charge is 0.420 e. The van der Waals surface area contributed by atoms with Crippen molar-refractivity contribution in [2.45, 2.75) is 75.3 Å². The number of halogens is 6. The Bertz CT molecular complexity index is 2450. The van der Waals surface area contributed by atoms with E-state index >= 15 is 22.0 Å². The van der Waals surface area contributed by atoms with Gasteiger partial charge in [-0.15, -0.1) is 11.3 Å². The second kappa shape index (κ2) is 14.1. The highest BCUT2D eigenvalue weighted by Gasteiger charge is 2.50. The van der Waals surface area contributed by atoms with Crippen molar-refractivity contribution in [3.05, 3.63) is 58.8 Å². The van der Waals surface area contributed by atoms with Gasteiger partial charge in [-0.3, -0.25) is 4.90 Å². The molecule has 5 aromatic rings. The minimum absolute atomic E-state index is 0.0137. The molecule has 9 rings (SSSR count). The lowest BCUT2D eigenvalue weighted by atomic mass is 9.80. The topological polar surface area (TPSA) is 139 Å². The number of ether oxygens (including phenoxy) is 2. The first-order valence-corrected chi connectivity index (χ1v) is 19.9. The van der Waals surface area contributed by atoms with Crippen LogP contribution in [0.25, 0.3) is 32.1 Å². The lowest BCUT2D eigenvalue weighted by Gasteiger charge is -2.35. The van der Waals surface area contributed by atoms with Gasteiger partial charge in [-0.2, -0.15) is 28.4 Å². The Balaban J connectivity index is 1.31. The summed E-state index contributed by atoms with van der Waals surface area (Å²) < 4.78 is 107. The summed E-state index contributed by atoms with van der Waals surface area (Å²) >= 11 is 0.678. The predicted molar refractivity (Wildman–Crippen MR) is 204 cm³/mol. The van der Waals surface area contributed by atoms with Gasteiger partial charge in [-0.25, -0.2) is 18.2 Å². The monoisotopic (exact) mass is 808 g/mol. The minimum Gasteiger partial charge on any atom is -0.490 e. The number of fused-ring (bicyclic) bond motifs is 2. The number of hydrogen-bond donors (Lipinski definition) is 2. The SMILES string of the molecule is N#Cc1c(N)sc2c(F)ccc(-c3c(C(F)(F)F)c4c5c(nc(OC[C@@]67CCCN6C[C@H](F)C7)nc5c3F)N([C@H](CCC3CCC3)c3cccnc3N)CCO4)c12. The molecular formula is C40H38F6N8O2S. The molecule has 2 aromatic carbocycles. The Labute approximate surface area is 327 Å². The van der Waals surface area contributed by atoms with Crippen molar-refractivity contribution < 1.29 is 35.8 Å². The molecule has 1 aliphatic carbocycles. The summed E-state index contributed by atoms with van der Waals surface area (Å²) in [5, 5.41) is 9.28. The van der Waals surface area contributed by atoms with Crippen molar-refractivity contribution in [3.63, 3.8) is 0 Å². The lowest BCUT2D eigenvalue weighted by Crippen LogP contribution is -2.43. The Morgan fingerprint density at radius 3 is 2.67 bits per heavy atom. The fourth-order valence-electron chi connectivity index (χ4n) is 9.38. The summed E-state index contributed by atoms with van der Waals surface area (Å²) in [6, 6.07) is 6.42.